The van der Waals surface area contributed by atoms with Crippen LogP contribution in [0, 0.1) is 0 Å². The summed E-state index contributed by atoms with van der Waals surface area (Å²) in [5, 5.41) is 8.41. The van der Waals surface area contributed by atoms with E-state index in [1.54, 1.807) is 0 Å². The van der Waals surface area contributed by atoms with Crippen LogP contribution in [0.4, 0.5) is 0 Å². The third kappa shape index (κ3) is 0.0847. The Kier molecular flexibility index (Phi) is 0.123. The fraction of sp³-hybridized carbons (Fsp3) is 0.333. The van der Waals surface area contributed by atoms with E-state index in [4.69, 9.17) is 5.02 Å². The van der Waals surface area contributed by atoms with E-state index in [1.807, 2.05) is 0 Å². The molecule has 0 radical (unpaired) electrons. The molecule has 0 aromatic carbocycles. The fourth-order valence-corrected chi connectivity index (χ4v) is 0.526. The molecule has 2 aliphatic rings. The Bertz CT molecular complexity index is 104. The van der Waals surface area contributed by atoms with E-state index in [2.05, 4.69) is 0 Å². The standard InChI is InChI=1S/C3H3BO/c5-4-2-1-3(2)4/h5H,1H2. The molecular formula is C3H3BO. The second kappa shape index (κ2) is 0.302. The molecule has 0 saturated carbocycles. The lowest BCUT2D eigenvalue weighted by Gasteiger charge is -1.83. The Morgan fingerprint density at radius 3 is 2.00 bits per heavy atom. The topological polar surface area (TPSA) is 20.2 Å². The quantitative estimate of drug-likeness (QED) is 0.387. The summed E-state index contributed by atoms with van der Waals surface area (Å²) in [5.41, 5.74) is 2.62. The maximum Gasteiger partial charge on any atom is 0.349 e. The van der Waals surface area contributed by atoms with Crippen LogP contribution in [0.1, 0.15) is 6.42 Å². The molecule has 0 fully saturated rings. The lowest BCUT2D eigenvalue weighted by atomic mass is 9.72. The number of allylic oxidation sites excluding steroid dienone is 2. The molecule has 0 unspecified atom stereocenters. The summed E-state index contributed by atoms with van der Waals surface area (Å²) >= 11 is 0. The minimum atomic E-state index is -0.0185. The van der Waals surface area contributed by atoms with E-state index < -0.39 is 0 Å². The number of rotatable bonds is 0. The molecule has 0 aromatic heterocycles. The summed E-state index contributed by atoms with van der Waals surface area (Å²) in [6.07, 6.45) is 1.15. The van der Waals surface area contributed by atoms with Crippen LogP contribution in [0.5, 0.6) is 0 Å². The molecule has 1 aliphatic carbocycles. The molecule has 0 spiro atoms. The van der Waals surface area contributed by atoms with Crippen LogP contribution in [0.3, 0.4) is 0 Å². The van der Waals surface area contributed by atoms with Gasteiger partial charge in [0, 0.05) is 0 Å². The van der Waals surface area contributed by atoms with Crippen LogP contribution in [-0.2, 0) is 0 Å². The molecule has 0 saturated heterocycles. The highest BCUT2D eigenvalue weighted by molar-refractivity contribution is 6.84. The van der Waals surface area contributed by atoms with Gasteiger partial charge in [-0.05, 0) is 6.42 Å². The third-order valence-corrected chi connectivity index (χ3v) is 1.25. The van der Waals surface area contributed by atoms with Gasteiger partial charge in [0.1, 0.15) is 0 Å². The molecule has 0 aromatic rings. The molecule has 0 atom stereocenters. The van der Waals surface area contributed by atoms with Crippen LogP contribution in [0.2, 0.25) is 0 Å². The minimum Gasteiger partial charge on any atom is -0.443 e. The average Bonchev–Trinajstić information content (AvgIpc) is 2.11. The number of hydrogen-bond donors (Lipinski definition) is 1. The van der Waals surface area contributed by atoms with Gasteiger partial charge in [0.15, 0.2) is 0 Å². The first-order chi connectivity index (χ1) is 2.39. The highest BCUT2D eigenvalue weighted by Crippen LogP contribution is 2.50. The summed E-state index contributed by atoms with van der Waals surface area (Å²) in [5.74, 6) is 0. The zero-order valence-corrected chi connectivity index (χ0v) is 2.73. The zero-order valence-electron chi connectivity index (χ0n) is 2.73. The second-order valence-corrected chi connectivity index (χ2v) is 1.63. The van der Waals surface area contributed by atoms with Crippen LogP contribution in [-0.4, -0.2) is 11.9 Å². The first kappa shape index (κ1) is 2.03. The highest BCUT2D eigenvalue weighted by atomic mass is 16.2. The van der Waals surface area contributed by atoms with Gasteiger partial charge in [-0.25, -0.2) is 0 Å². The van der Waals surface area contributed by atoms with Gasteiger partial charge < -0.3 is 5.02 Å². The van der Waals surface area contributed by atoms with Gasteiger partial charge in [-0.3, -0.25) is 0 Å². The zero-order chi connectivity index (χ0) is 3.44. The molecule has 1 N–H and O–H groups in total. The molecule has 5 heavy (non-hydrogen) atoms. The largest absolute Gasteiger partial charge is 0.443 e. The molecule has 1 nitrogen and oxygen atoms in total. The molecule has 2 heteroatoms. The summed E-state index contributed by atoms with van der Waals surface area (Å²) < 4.78 is 0. The Morgan fingerprint density at radius 1 is 1.60 bits per heavy atom. The van der Waals surface area contributed by atoms with Gasteiger partial charge in [0.05, 0.1) is 0 Å². The Morgan fingerprint density at radius 2 is 2.00 bits per heavy atom. The summed E-state index contributed by atoms with van der Waals surface area (Å²) in [6, 6.07) is 0. The van der Waals surface area contributed by atoms with Gasteiger partial charge in [0.2, 0.25) is 0 Å². The van der Waals surface area contributed by atoms with Gasteiger partial charge in [-0.1, -0.05) is 10.9 Å². The van der Waals surface area contributed by atoms with E-state index >= 15 is 0 Å². The normalized spacial score (nSPS) is 27.0. The first-order valence-electron chi connectivity index (χ1n) is 1.79. The van der Waals surface area contributed by atoms with Crippen molar-refractivity contribution in [3.05, 3.63) is 10.9 Å². The van der Waals surface area contributed by atoms with Crippen LogP contribution in [0.25, 0.3) is 0 Å². The molecule has 1 aliphatic heterocycles. The van der Waals surface area contributed by atoms with Crippen molar-refractivity contribution in [1.82, 2.24) is 0 Å². The molecule has 2 rings (SSSR count). The second-order valence-electron chi connectivity index (χ2n) is 1.63. The van der Waals surface area contributed by atoms with E-state index in [0.717, 1.165) is 6.42 Å². The summed E-state index contributed by atoms with van der Waals surface area (Å²) in [4.78, 5) is 0. The highest BCUT2D eigenvalue weighted by Gasteiger charge is 2.52. The van der Waals surface area contributed by atoms with Crippen molar-refractivity contribution in [2.75, 3.05) is 0 Å². The van der Waals surface area contributed by atoms with Crippen molar-refractivity contribution in [3.63, 3.8) is 0 Å². The van der Waals surface area contributed by atoms with Crippen molar-refractivity contribution >= 4 is 6.92 Å². The maximum absolute atomic E-state index is 8.41. The van der Waals surface area contributed by atoms with Crippen LogP contribution in [0.15, 0.2) is 10.9 Å². The van der Waals surface area contributed by atoms with Gasteiger partial charge in [0.25, 0.3) is 0 Å². The Labute approximate surface area is 30.4 Å². The van der Waals surface area contributed by atoms with Crippen LogP contribution < -0.4 is 0 Å². The minimum absolute atomic E-state index is 0.0185. The Balaban J connectivity index is 2.32. The summed E-state index contributed by atoms with van der Waals surface area (Å²) in [7, 11) is 0. The van der Waals surface area contributed by atoms with E-state index in [1.165, 1.54) is 10.9 Å². The predicted molar refractivity (Wildman–Crippen MR) is 19.6 cm³/mol. The van der Waals surface area contributed by atoms with E-state index in [9.17, 15) is 0 Å². The number of hydrogen-bond acceptors (Lipinski definition) is 1. The average molecular weight is 65.9 g/mol. The first-order valence-corrected chi connectivity index (χ1v) is 1.79. The Hall–Kier alpha value is -0.235. The molecule has 1 heterocycles. The lowest BCUT2D eigenvalue weighted by Crippen LogP contribution is -2.00. The fourth-order valence-electron chi connectivity index (χ4n) is 0.526. The molecular weight excluding hydrogens is 62.8 g/mol. The molecule has 0 amide bonds. The summed E-state index contributed by atoms with van der Waals surface area (Å²) in [6.45, 7) is -0.0185. The van der Waals surface area contributed by atoms with Crippen molar-refractivity contribution < 1.29 is 5.02 Å². The van der Waals surface area contributed by atoms with E-state index in [0.29, 0.717) is 0 Å². The van der Waals surface area contributed by atoms with Gasteiger partial charge in [-0.2, -0.15) is 0 Å². The van der Waals surface area contributed by atoms with E-state index in [-0.39, 0.29) is 6.92 Å². The van der Waals surface area contributed by atoms with Crippen molar-refractivity contribution in [2.24, 2.45) is 0 Å². The van der Waals surface area contributed by atoms with Crippen molar-refractivity contribution in [2.45, 2.75) is 6.42 Å². The van der Waals surface area contributed by atoms with Crippen molar-refractivity contribution in [1.29, 1.82) is 0 Å². The molecule has 24 valence electrons. The van der Waals surface area contributed by atoms with Crippen molar-refractivity contribution in [3.8, 4) is 0 Å². The lowest BCUT2D eigenvalue weighted by molar-refractivity contribution is 0.596. The maximum atomic E-state index is 8.41. The monoisotopic (exact) mass is 66.0 g/mol. The smallest absolute Gasteiger partial charge is 0.349 e. The predicted octanol–water partition coefficient (Wildman–Crippen LogP) is -0.237. The van der Waals surface area contributed by atoms with Gasteiger partial charge >= 0.3 is 6.92 Å². The SMILES string of the molecule is OB1C2=C1C2. The third-order valence-electron chi connectivity index (χ3n) is 1.25. The molecule has 0 bridgehead atoms. The van der Waals surface area contributed by atoms with Crippen LogP contribution >= 0.6 is 0 Å². The van der Waals surface area contributed by atoms with Gasteiger partial charge in [-0.15, -0.1) is 0 Å².